The number of unbranched alkanes of at least 4 members (excludes halogenated alkanes) is 1. The average molecular weight is 384 g/mol. The lowest BCUT2D eigenvalue weighted by molar-refractivity contribution is -0.119. The summed E-state index contributed by atoms with van der Waals surface area (Å²) >= 11 is 0. The van der Waals surface area contributed by atoms with Crippen molar-refractivity contribution in [3.63, 3.8) is 0 Å². The number of fused-ring (bicyclic) bond motifs is 1. The summed E-state index contributed by atoms with van der Waals surface area (Å²) in [5.74, 6) is 0.645. The number of carbonyl (C=O) groups excluding carboxylic acids is 2. The minimum atomic E-state index is -0.0301. The minimum Gasteiger partial charge on any atom is -0.351 e. The van der Waals surface area contributed by atoms with Crippen molar-refractivity contribution in [1.29, 1.82) is 0 Å². The number of hydrogen-bond donors (Lipinski definition) is 2. The van der Waals surface area contributed by atoms with Gasteiger partial charge in [0.25, 0.3) is 5.91 Å². The lowest BCUT2D eigenvalue weighted by Crippen LogP contribution is -2.29. The summed E-state index contributed by atoms with van der Waals surface area (Å²) in [6, 6.07) is 7.91. The van der Waals surface area contributed by atoms with E-state index < -0.39 is 0 Å². The topological polar surface area (TPSA) is 63.1 Å². The van der Waals surface area contributed by atoms with Crippen LogP contribution >= 0.6 is 0 Å². The van der Waals surface area contributed by atoms with Gasteiger partial charge in [-0.15, -0.1) is 0 Å². The number of hydrogen-bond acceptors (Lipinski definition) is 2. The van der Waals surface area contributed by atoms with E-state index in [-0.39, 0.29) is 17.7 Å². The SMILES string of the molecule is CCCCn1c(C(=O)NCC(C)C)cc2cc(NC(=O)C3CCCC3)ccc21. The lowest BCUT2D eigenvalue weighted by Gasteiger charge is -2.12. The van der Waals surface area contributed by atoms with Gasteiger partial charge in [0, 0.05) is 35.6 Å². The Balaban J connectivity index is 1.85. The van der Waals surface area contributed by atoms with Gasteiger partial charge in [-0.1, -0.05) is 40.0 Å². The Morgan fingerprint density at radius 1 is 1.18 bits per heavy atom. The molecule has 1 aliphatic carbocycles. The number of aromatic nitrogens is 1. The Hall–Kier alpha value is -2.30. The minimum absolute atomic E-state index is 0.0301. The number of rotatable bonds is 8. The molecule has 1 fully saturated rings. The molecule has 1 aromatic heterocycles. The third-order valence-corrected chi connectivity index (χ3v) is 5.53. The van der Waals surface area contributed by atoms with Gasteiger partial charge in [-0.2, -0.15) is 0 Å². The Bertz CT molecular complexity index is 832. The summed E-state index contributed by atoms with van der Waals surface area (Å²) in [5, 5.41) is 7.09. The van der Waals surface area contributed by atoms with Crippen molar-refractivity contribution in [3.8, 4) is 0 Å². The van der Waals surface area contributed by atoms with Crippen LogP contribution in [0.2, 0.25) is 0 Å². The van der Waals surface area contributed by atoms with Crippen LogP contribution < -0.4 is 10.6 Å². The van der Waals surface area contributed by atoms with Crippen LogP contribution in [-0.2, 0) is 11.3 Å². The Morgan fingerprint density at radius 2 is 1.93 bits per heavy atom. The number of nitrogens with zero attached hydrogens (tertiary/aromatic N) is 1. The molecule has 2 N–H and O–H groups in total. The third kappa shape index (κ3) is 4.75. The molecule has 0 atom stereocenters. The van der Waals surface area contributed by atoms with E-state index in [1.807, 2.05) is 24.3 Å². The Kier molecular flexibility index (Phi) is 6.76. The van der Waals surface area contributed by atoms with Crippen LogP contribution in [0.1, 0.15) is 69.8 Å². The van der Waals surface area contributed by atoms with E-state index in [0.29, 0.717) is 18.2 Å². The smallest absolute Gasteiger partial charge is 0.267 e. The van der Waals surface area contributed by atoms with Crippen molar-refractivity contribution in [1.82, 2.24) is 9.88 Å². The molecule has 2 amide bonds. The Morgan fingerprint density at radius 3 is 2.61 bits per heavy atom. The van der Waals surface area contributed by atoms with Crippen molar-refractivity contribution in [2.75, 3.05) is 11.9 Å². The first-order valence-corrected chi connectivity index (χ1v) is 10.7. The molecular weight excluding hydrogens is 350 g/mol. The van der Waals surface area contributed by atoms with Gasteiger partial charge in [0.15, 0.2) is 0 Å². The molecule has 0 radical (unpaired) electrons. The van der Waals surface area contributed by atoms with Gasteiger partial charge in [-0.05, 0) is 49.4 Å². The fraction of sp³-hybridized carbons (Fsp3) is 0.565. The maximum absolute atomic E-state index is 12.7. The van der Waals surface area contributed by atoms with Crippen molar-refractivity contribution in [3.05, 3.63) is 30.0 Å². The molecule has 0 aliphatic heterocycles. The maximum atomic E-state index is 12.7. The van der Waals surface area contributed by atoms with Crippen LogP contribution in [0, 0.1) is 11.8 Å². The van der Waals surface area contributed by atoms with Gasteiger partial charge in [-0.25, -0.2) is 0 Å². The molecule has 5 nitrogen and oxygen atoms in total. The highest BCUT2D eigenvalue weighted by Crippen LogP contribution is 2.28. The number of nitrogens with one attached hydrogen (secondary N) is 2. The number of benzene rings is 1. The molecular formula is C23H33N3O2. The van der Waals surface area contributed by atoms with Crippen LogP contribution in [0.3, 0.4) is 0 Å². The van der Waals surface area contributed by atoms with Gasteiger partial charge in [-0.3, -0.25) is 9.59 Å². The van der Waals surface area contributed by atoms with Crippen LogP contribution in [0.15, 0.2) is 24.3 Å². The predicted octanol–water partition coefficient (Wildman–Crippen LogP) is 4.96. The zero-order chi connectivity index (χ0) is 20.1. The maximum Gasteiger partial charge on any atom is 0.267 e. The first kappa shape index (κ1) is 20.4. The summed E-state index contributed by atoms with van der Waals surface area (Å²) in [6.45, 7) is 7.81. The molecule has 0 spiro atoms. The van der Waals surface area contributed by atoms with Crippen LogP contribution in [0.25, 0.3) is 10.9 Å². The van der Waals surface area contributed by atoms with E-state index in [4.69, 9.17) is 0 Å². The molecule has 1 aromatic carbocycles. The number of carbonyl (C=O) groups is 2. The van der Waals surface area contributed by atoms with Crippen molar-refractivity contribution < 1.29 is 9.59 Å². The van der Waals surface area contributed by atoms with E-state index in [1.54, 1.807) is 0 Å². The molecule has 3 rings (SSSR count). The largest absolute Gasteiger partial charge is 0.351 e. The molecule has 5 heteroatoms. The second kappa shape index (κ2) is 9.26. The first-order valence-electron chi connectivity index (χ1n) is 10.7. The van der Waals surface area contributed by atoms with E-state index in [2.05, 4.69) is 36.0 Å². The monoisotopic (exact) mass is 383 g/mol. The summed E-state index contributed by atoms with van der Waals surface area (Å²) < 4.78 is 2.11. The molecule has 1 saturated carbocycles. The zero-order valence-electron chi connectivity index (χ0n) is 17.4. The fourth-order valence-electron chi connectivity index (χ4n) is 3.91. The van der Waals surface area contributed by atoms with Crippen LogP contribution in [-0.4, -0.2) is 22.9 Å². The molecule has 0 saturated heterocycles. The van der Waals surface area contributed by atoms with Gasteiger partial charge < -0.3 is 15.2 Å². The molecule has 28 heavy (non-hydrogen) atoms. The molecule has 1 heterocycles. The zero-order valence-corrected chi connectivity index (χ0v) is 17.4. The second-order valence-electron chi connectivity index (χ2n) is 8.38. The highest BCUT2D eigenvalue weighted by atomic mass is 16.2. The molecule has 2 aromatic rings. The van der Waals surface area contributed by atoms with E-state index >= 15 is 0 Å². The number of amides is 2. The van der Waals surface area contributed by atoms with Gasteiger partial charge in [0.1, 0.15) is 5.69 Å². The highest BCUT2D eigenvalue weighted by molar-refractivity contribution is 6.00. The second-order valence-corrected chi connectivity index (χ2v) is 8.38. The predicted molar refractivity (Wildman–Crippen MR) is 115 cm³/mol. The molecule has 1 aliphatic rings. The van der Waals surface area contributed by atoms with Crippen molar-refractivity contribution in [2.24, 2.45) is 11.8 Å². The standard InChI is InChI=1S/C23H33N3O2/c1-4-5-12-26-20-11-10-19(25-22(27)17-8-6-7-9-17)13-18(20)14-21(26)23(28)24-15-16(2)3/h10-11,13-14,16-17H,4-9,12,15H2,1-3H3,(H,24,28)(H,25,27). The molecule has 0 bridgehead atoms. The average Bonchev–Trinajstić information content (AvgIpc) is 3.32. The third-order valence-electron chi connectivity index (χ3n) is 5.53. The number of anilines is 1. The fourth-order valence-corrected chi connectivity index (χ4v) is 3.91. The summed E-state index contributed by atoms with van der Waals surface area (Å²) in [5.41, 5.74) is 2.55. The van der Waals surface area contributed by atoms with Gasteiger partial charge in [0.05, 0.1) is 0 Å². The first-order chi connectivity index (χ1) is 13.5. The lowest BCUT2D eigenvalue weighted by atomic mass is 10.1. The quantitative estimate of drug-likeness (QED) is 0.677. The molecule has 152 valence electrons. The van der Waals surface area contributed by atoms with Crippen LogP contribution in [0.4, 0.5) is 5.69 Å². The summed E-state index contributed by atoms with van der Waals surface area (Å²) in [6.07, 6.45) is 6.36. The van der Waals surface area contributed by atoms with Crippen molar-refractivity contribution >= 4 is 28.4 Å². The van der Waals surface area contributed by atoms with Crippen LogP contribution in [0.5, 0.6) is 0 Å². The molecule has 0 unspecified atom stereocenters. The Labute approximate surface area is 167 Å². The van der Waals surface area contributed by atoms with Gasteiger partial charge in [0.2, 0.25) is 5.91 Å². The number of aryl methyl sites for hydroxylation is 1. The highest BCUT2D eigenvalue weighted by Gasteiger charge is 2.23. The van der Waals surface area contributed by atoms with E-state index in [1.165, 1.54) is 0 Å². The normalized spacial score (nSPS) is 14.7. The summed E-state index contributed by atoms with van der Waals surface area (Å²) in [7, 11) is 0. The summed E-state index contributed by atoms with van der Waals surface area (Å²) in [4.78, 5) is 25.2. The van der Waals surface area contributed by atoms with Gasteiger partial charge >= 0.3 is 0 Å². The van der Waals surface area contributed by atoms with E-state index in [0.717, 1.165) is 61.7 Å². The van der Waals surface area contributed by atoms with Crippen molar-refractivity contribution in [2.45, 2.75) is 65.8 Å². The van der Waals surface area contributed by atoms with E-state index in [9.17, 15) is 9.59 Å².